The predicted octanol–water partition coefficient (Wildman–Crippen LogP) is 2.69. The van der Waals surface area contributed by atoms with Gasteiger partial charge in [0.15, 0.2) is 0 Å². The van der Waals surface area contributed by atoms with E-state index in [1.54, 1.807) is 9.80 Å². The molecule has 5 heteroatoms. The zero-order chi connectivity index (χ0) is 18.8. The summed E-state index contributed by atoms with van der Waals surface area (Å²) in [4.78, 5) is 29.5. The van der Waals surface area contributed by atoms with Crippen molar-refractivity contribution in [1.82, 2.24) is 9.80 Å². The van der Waals surface area contributed by atoms with Gasteiger partial charge in [0.05, 0.1) is 6.07 Å². The van der Waals surface area contributed by atoms with Crippen LogP contribution in [0.1, 0.15) is 49.7 Å². The second-order valence-electron chi connectivity index (χ2n) is 8.15. The van der Waals surface area contributed by atoms with E-state index in [9.17, 15) is 14.9 Å². The van der Waals surface area contributed by atoms with Crippen LogP contribution in [0.2, 0.25) is 0 Å². The average Bonchev–Trinajstić information content (AvgIpc) is 3.36. The summed E-state index contributed by atoms with van der Waals surface area (Å²) in [6, 6.07) is 10.1. The molecule has 0 aromatic heterocycles. The minimum atomic E-state index is -0.359. The number of benzene rings is 1. The minimum absolute atomic E-state index is 0.0149. The lowest BCUT2D eigenvalue weighted by Crippen LogP contribution is -2.49. The highest BCUT2D eigenvalue weighted by atomic mass is 16.2. The molecule has 0 N–H and O–H groups in total. The Balaban J connectivity index is 1.40. The Labute approximate surface area is 160 Å². The van der Waals surface area contributed by atoms with Gasteiger partial charge in [-0.2, -0.15) is 5.26 Å². The largest absolute Gasteiger partial charge is 0.331 e. The summed E-state index contributed by atoms with van der Waals surface area (Å²) in [6.07, 6.45) is 6.80. The molecule has 1 aromatic rings. The third kappa shape index (κ3) is 3.58. The molecule has 0 bridgehead atoms. The fourth-order valence-corrected chi connectivity index (χ4v) is 4.99. The van der Waals surface area contributed by atoms with Crippen LogP contribution < -0.4 is 0 Å². The maximum Gasteiger partial charge on any atom is 0.246 e. The zero-order valence-corrected chi connectivity index (χ0v) is 15.8. The monoisotopic (exact) mass is 365 g/mol. The third-order valence-electron chi connectivity index (χ3n) is 6.46. The predicted molar refractivity (Wildman–Crippen MR) is 102 cm³/mol. The molecule has 2 saturated heterocycles. The van der Waals surface area contributed by atoms with Crippen LogP contribution in [0.3, 0.4) is 0 Å². The first-order chi connectivity index (χ1) is 13.2. The Kier molecular flexibility index (Phi) is 5.15. The fraction of sp³-hybridized carbons (Fsp3) is 0.591. The summed E-state index contributed by atoms with van der Waals surface area (Å²) < 4.78 is 0. The van der Waals surface area contributed by atoms with Gasteiger partial charge in [-0.1, -0.05) is 24.3 Å². The fourth-order valence-electron chi connectivity index (χ4n) is 4.99. The Bertz CT molecular complexity index is 769. The Morgan fingerprint density at radius 1 is 1.04 bits per heavy atom. The van der Waals surface area contributed by atoms with Gasteiger partial charge >= 0.3 is 0 Å². The van der Waals surface area contributed by atoms with Crippen molar-refractivity contribution in [1.29, 1.82) is 5.26 Å². The van der Waals surface area contributed by atoms with E-state index in [2.05, 4.69) is 30.3 Å². The van der Waals surface area contributed by atoms with Crippen molar-refractivity contribution in [3.05, 3.63) is 35.4 Å². The summed E-state index contributed by atoms with van der Waals surface area (Å²) in [7, 11) is 0. The number of aryl methyl sites for hydroxylation is 1. The van der Waals surface area contributed by atoms with Crippen LogP contribution >= 0.6 is 0 Å². The van der Waals surface area contributed by atoms with Crippen LogP contribution in [0, 0.1) is 17.2 Å². The van der Waals surface area contributed by atoms with Crippen molar-refractivity contribution in [3.63, 3.8) is 0 Å². The van der Waals surface area contributed by atoms with E-state index in [0.29, 0.717) is 25.4 Å². The number of fused-ring (bicyclic) bond motifs is 1. The van der Waals surface area contributed by atoms with Gasteiger partial charge in [-0.05, 0) is 62.0 Å². The lowest BCUT2D eigenvalue weighted by molar-refractivity contribution is -0.144. The SMILES string of the molecule is N#C[C@@H]1CCCN1C(=O)[C@H]1CCCN1C(=O)C[C@H]1CCc2ccccc2C1. The molecular formula is C22H27N3O2. The molecule has 3 aliphatic rings. The van der Waals surface area contributed by atoms with Crippen molar-refractivity contribution in [2.75, 3.05) is 13.1 Å². The number of carbonyl (C=O) groups excluding carboxylic acids is 2. The standard InChI is InChI=1S/C22H27N3O2/c23-15-19-7-3-11-24(19)22(27)20-8-4-12-25(20)21(26)14-16-9-10-17-5-1-2-6-18(17)13-16/h1-2,5-6,16,19-20H,3-4,7-14H2/t16-,19-,20+/m0/s1. The molecule has 1 aromatic carbocycles. The van der Waals surface area contributed by atoms with Crippen LogP contribution in [0.15, 0.2) is 24.3 Å². The average molecular weight is 365 g/mol. The van der Waals surface area contributed by atoms with E-state index in [0.717, 1.165) is 44.9 Å². The second kappa shape index (κ2) is 7.72. The second-order valence-corrected chi connectivity index (χ2v) is 8.15. The number of nitrogens with zero attached hydrogens (tertiary/aromatic N) is 3. The number of rotatable bonds is 3. The molecule has 3 atom stereocenters. The van der Waals surface area contributed by atoms with Crippen molar-refractivity contribution < 1.29 is 9.59 Å². The molecule has 0 unspecified atom stereocenters. The molecule has 0 radical (unpaired) electrons. The molecule has 2 amide bonds. The van der Waals surface area contributed by atoms with Gasteiger partial charge in [0, 0.05) is 19.5 Å². The number of carbonyl (C=O) groups is 2. The topological polar surface area (TPSA) is 64.4 Å². The van der Waals surface area contributed by atoms with E-state index in [4.69, 9.17) is 0 Å². The molecule has 142 valence electrons. The molecule has 1 aliphatic carbocycles. The summed E-state index contributed by atoms with van der Waals surface area (Å²) in [6.45, 7) is 1.32. The highest BCUT2D eigenvalue weighted by molar-refractivity contribution is 5.89. The molecule has 0 saturated carbocycles. The van der Waals surface area contributed by atoms with E-state index in [-0.39, 0.29) is 23.9 Å². The quantitative estimate of drug-likeness (QED) is 0.827. The molecule has 2 fully saturated rings. The van der Waals surface area contributed by atoms with Crippen molar-refractivity contribution in [3.8, 4) is 6.07 Å². The first-order valence-electron chi connectivity index (χ1n) is 10.2. The van der Waals surface area contributed by atoms with Gasteiger partial charge in [0.2, 0.25) is 11.8 Å². The van der Waals surface area contributed by atoms with Crippen LogP contribution in [0.4, 0.5) is 0 Å². The third-order valence-corrected chi connectivity index (χ3v) is 6.46. The van der Waals surface area contributed by atoms with Gasteiger partial charge in [0.25, 0.3) is 0 Å². The summed E-state index contributed by atoms with van der Waals surface area (Å²) in [5, 5.41) is 9.28. The van der Waals surface area contributed by atoms with Gasteiger partial charge in [-0.15, -0.1) is 0 Å². The van der Waals surface area contributed by atoms with Gasteiger partial charge in [-0.3, -0.25) is 9.59 Å². The number of amides is 2. The highest BCUT2D eigenvalue weighted by Crippen LogP contribution is 2.30. The summed E-state index contributed by atoms with van der Waals surface area (Å²) in [5.41, 5.74) is 2.77. The maximum absolute atomic E-state index is 13.0. The summed E-state index contributed by atoms with van der Waals surface area (Å²) >= 11 is 0. The Morgan fingerprint density at radius 2 is 1.78 bits per heavy atom. The van der Waals surface area contributed by atoms with Crippen LogP contribution in [-0.2, 0) is 22.4 Å². The van der Waals surface area contributed by atoms with Crippen LogP contribution in [0.25, 0.3) is 0 Å². The van der Waals surface area contributed by atoms with E-state index in [1.165, 1.54) is 11.1 Å². The lowest BCUT2D eigenvalue weighted by Gasteiger charge is -2.31. The van der Waals surface area contributed by atoms with E-state index >= 15 is 0 Å². The van der Waals surface area contributed by atoms with E-state index in [1.807, 2.05) is 0 Å². The molecule has 2 heterocycles. The Morgan fingerprint density at radius 3 is 2.59 bits per heavy atom. The molecular weight excluding hydrogens is 338 g/mol. The number of hydrogen-bond donors (Lipinski definition) is 0. The number of hydrogen-bond acceptors (Lipinski definition) is 3. The molecule has 4 rings (SSSR count). The molecule has 0 spiro atoms. The highest BCUT2D eigenvalue weighted by Gasteiger charge is 2.40. The summed E-state index contributed by atoms with van der Waals surface area (Å²) in [5.74, 6) is 0.462. The maximum atomic E-state index is 13.0. The van der Waals surface area contributed by atoms with Crippen molar-refractivity contribution in [2.24, 2.45) is 5.92 Å². The zero-order valence-electron chi connectivity index (χ0n) is 15.8. The van der Waals surface area contributed by atoms with Gasteiger partial charge in [-0.25, -0.2) is 0 Å². The minimum Gasteiger partial charge on any atom is -0.331 e. The number of likely N-dealkylation sites (tertiary alicyclic amines) is 2. The van der Waals surface area contributed by atoms with Gasteiger partial charge < -0.3 is 9.80 Å². The first kappa shape index (κ1) is 18.0. The van der Waals surface area contributed by atoms with E-state index < -0.39 is 0 Å². The van der Waals surface area contributed by atoms with Crippen molar-refractivity contribution >= 4 is 11.8 Å². The lowest BCUT2D eigenvalue weighted by atomic mass is 9.82. The smallest absolute Gasteiger partial charge is 0.246 e. The number of nitriles is 1. The van der Waals surface area contributed by atoms with Crippen LogP contribution in [0.5, 0.6) is 0 Å². The Hall–Kier alpha value is -2.35. The first-order valence-corrected chi connectivity index (χ1v) is 10.2. The normalized spacial score (nSPS) is 27.3. The van der Waals surface area contributed by atoms with Gasteiger partial charge in [0.1, 0.15) is 12.1 Å². The van der Waals surface area contributed by atoms with Crippen molar-refractivity contribution in [2.45, 2.75) is 63.5 Å². The molecule has 5 nitrogen and oxygen atoms in total. The molecule has 27 heavy (non-hydrogen) atoms. The molecule has 2 aliphatic heterocycles. The van der Waals surface area contributed by atoms with Crippen LogP contribution in [-0.4, -0.2) is 46.8 Å².